The van der Waals surface area contributed by atoms with E-state index in [1.54, 1.807) is 0 Å². The summed E-state index contributed by atoms with van der Waals surface area (Å²) in [5.74, 6) is -4.07. The van der Waals surface area contributed by atoms with Crippen molar-refractivity contribution in [3.8, 4) is 5.75 Å². The third-order valence-electron chi connectivity index (χ3n) is 2.13. The highest BCUT2D eigenvalue weighted by atomic mass is 35.5. The number of hydrogen-bond donors (Lipinski definition) is 3. The molecule has 1 aromatic rings. The number of phenols is 1. The molecule has 8 heteroatoms. The fourth-order valence-electron chi connectivity index (χ4n) is 1.38. The highest BCUT2D eigenvalue weighted by Gasteiger charge is 2.23. The number of aromatic hydroxyl groups is 1. The van der Waals surface area contributed by atoms with Gasteiger partial charge in [0.2, 0.25) is 0 Å². The quantitative estimate of drug-likeness (QED) is 0.732. The van der Waals surface area contributed by atoms with Gasteiger partial charge in [0, 0.05) is 5.02 Å². The second kappa shape index (κ2) is 6.05. The van der Waals surface area contributed by atoms with E-state index in [9.17, 15) is 19.5 Å². The zero-order chi connectivity index (χ0) is 14.6. The number of nitrogens with zero attached hydrogens (tertiary/aromatic N) is 1. The molecule has 1 rings (SSSR count). The van der Waals surface area contributed by atoms with E-state index in [0.29, 0.717) is 4.90 Å². The van der Waals surface area contributed by atoms with Crippen LogP contribution in [0.5, 0.6) is 5.75 Å². The van der Waals surface area contributed by atoms with Crippen LogP contribution in [0.25, 0.3) is 0 Å². The molecule has 0 saturated carbocycles. The van der Waals surface area contributed by atoms with Crippen LogP contribution in [0, 0.1) is 0 Å². The van der Waals surface area contributed by atoms with Crippen molar-refractivity contribution in [1.29, 1.82) is 0 Å². The largest absolute Gasteiger partial charge is 0.507 e. The minimum absolute atomic E-state index is 0.192. The van der Waals surface area contributed by atoms with E-state index >= 15 is 0 Å². The van der Waals surface area contributed by atoms with E-state index in [1.807, 2.05) is 0 Å². The average molecular weight is 288 g/mol. The van der Waals surface area contributed by atoms with Gasteiger partial charge in [0.05, 0.1) is 5.56 Å². The maximum absolute atomic E-state index is 11.9. The summed E-state index contributed by atoms with van der Waals surface area (Å²) in [6, 6.07) is 3.62. The van der Waals surface area contributed by atoms with Crippen LogP contribution in [0.4, 0.5) is 0 Å². The van der Waals surface area contributed by atoms with E-state index in [4.69, 9.17) is 21.8 Å². The molecule has 0 radical (unpaired) electrons. The van der Waals surface area contributed by atoms with Crippen molar-refractivity contribution in [2.45, 2.75) is 0 Å². The Balaban J connectivity index is 3.04. The monoisotopic (exact) mass is 287 g/mol. The Morgan fingerprint density at radius 1 is 1.11 bits per heavy atom. The van der Waals surface area contributed by atoms with Crippen LogP contribution in [-0.4, -0.2) is 51.2 Å². The molecule has 0 unspecified atom stereocenters. The van der Waals surface area contributed by atoms with Gasteiger partial charge in [-0.05, 0) is 18.2 Å². The number of carboxylic acid groups (broad SMARTS) is 2. The minimum atomic E-state index is -1.36. The first-order valence-corrected chi connectivity index (χ1v) is 5.40. The third-order valence-corrected chi connectivity index (χ3v) is 2.36. The number of halogens is 1. The number of hydrogen-bond acceptors (Lipinski definition) is 4. The molecule has 0 aliphatic heterocycles. The third kappa shape index (κ3) is 4.14. The number of carbonyl (C=O) groups excluding carboxylic acids is 1. The molecule has 1 amide bonds. The van der Waals surface area contributed by atoms with Crippen molar-refractivity contribution in [2.24, 2.45) is 0 Å². The molecule has 3 N–H and O–H groups in total. The summed E-state index contributed by atoms with van der Waals surface area (Å²) in [5, 5.41) is 27.0. The lowest BCUT2D eigenvalue weighted by molar-refractivity contribution is -0.140. The number of benzene rings is 1. The maximum Gasteiger partial charge on any atom is 0.323 e. The normalized spacial score (nSPS) is 9.95. The summed E-state index contributed by atoms with van der Waals surface area (Å²) in [6.45, 7) is -1.57. The zero-order valence-corrected chi connectivity index (χ0v) is 10.3. The molecule has 7 nitrogen and oxygen atoms in total. The number of phenolic OH excluding ortho intramolecular Hbond substituents is 1. The molecule has 0 aliphatic carbocycles. The Hall–Kier alpha value is -2.28. The Morgan fingerprint density at radius 3 is 2.05 bits per heavy atom. The van der Waals surface area contributed by atoms with Gasteiger partial charge in [-0.3, -0.25) is 14.4 Å². The predicted octanol–water partition coefficient (Wildman–Crippen LogP) is 0.657. The molecule has 0 heterocycles. The van der Waals surface area contributed by atoms with Crippen LogP contribution in [-0.2, 0) is 9.59 Å². The first-order chi connectivity index (χ1) is 8.81. The van der Waals surface area contributed by atoms with E-state index in [0.717, 1.165) is 6.07 Å². The van der Waals surface area contributed by atoms with E-state index in [1.165, 1.54) is 12.1 Å². The predicted molar refractivity (Wildman–Crippen MR) is 64.3 cm³/mol. The molecule has 1 aromatic carbocycles. The van der Waals surface area contributed by atoms with Crippen LogP contribution >= 0.6 is 11.6 Å². The topological polar surface area (TPSA) is 115 Å². The molecule has 0 saturated heterocycles. The Morgan fingerprint density at radius 2 is 1.63 bits per heavy atom. The fraction of sp³-hybridized carbons (Fsp3) is 0.182. The van der Waals surface area contributed by atoms with E-state index < -0.39 is 36.7 Å². The van der Waals surface area contributed by atoms with Gasteiger partial charge < -0.3 is 20.2 Å². The smallest absolute Gasteiger partial charge is 0.323 e. The van der Waals surface area contributed by atoms with Crippen molar-refractivity contribution in [1.82, 2.24) is 4.90 Å². The van der Waals surface area contributed by atoms with Crippen LogP contribution in [0.2, 0.25) is 5.02 Å². The van der Waals surface area contributed by atoms with Gasteiger partial charge in [-0.15, -0.1) is 0 Å². The van der Waals surface area contributed by atoms with Gasteiger partial charge in [0.15, 0.2) is 0 Å². The highest BCUT2D eigenvalue weighted by molar-refractivity contribution is 6.30. The van der Waals surface area contributed by atoms with Crippen molar-refractivity contribution in [3.05, 3.63) is 28.8 Å². The number of aliphatic carboxylic acids is 2. The number of amides is 1. The molecule has 0 atom stereocenters. The van der Waals surface area contributed by atoms with Gasteiger partial charge in [-0.2, -0.15) is 0 Å². The molecule has 0 aliphatic rings. The van der Waals surface area contributed by atoms with Gasteiger partial charge in [-0.1, -0.05) is 11.6 Å². The molecule has 102 valence electrons. The summed E-state index contributed by atoms with van der Waals surface area (Å²) >= 11 is 5.60. The van der Waals surface area contributed by atoms with E-state index in [2.05, 4.69) is 0 Å². The Labute approximate surface area is 112 Å². The molecule has 19 heavy (non-hydrogen) atoms. The van der Waals surface area contributed by atoms with Gasteiger partial charge in [-0.25, -0.2) is 0 Å². The van der Waals surface area contributed by atoms with Crippen LogP contribution in [0.3, 0.4) is 0 Å². The Bertz CT molecular complexity index is 514. The van der Waals surface area contributed by atoms with Gasteiger partial charge in [0.1, 0.15) is 18.8 Å². The van der Waals surface area contributed by atoms with Crippen LogP contribution < -0.4 is 0 Å². The first-order valence-electron chi connectivity index (χ1n) is 5.02. The van der Waals surface area contributed by atoms with Crippen molar-refractivity contribution >= 4 is 29.4 Å². The second-order valence-corrected chi connectivity index (χ2v) is 4.05. The molecule has 0 bridgehead atoms. The Kier molecular flexibility index (Phi) is 4.71. The van der Waals surface area contributed by atoms with Gasteiger partial charge in [0.25, 0.3) is 5.91 Å². The highest BCUT2D eigenvalue weighted by Crippen LogP contribution is 2.23. The lowest BCUT2D eigenvalue weighted by Gasteiger charge is -2.19. The number of carboxylic acids is 2. The number of carbonyl (C=O) groups is 3. The first kappa shape index (κ1) is 14.8. The van der Waals surface area contributed by atoms with Crippen LogP contribution in [0.1, 0.15) is 10.4 Å². The lowest BCUT2D eigenvalue weighted by atomic mass is 10.1. The average Bonchev–Trinajstić information content (AvgIpc) is 2.26. The SMILES string of the molecule is O=C(O)CN(CC(=O)O)C(=O)c1ccc(Cl)cc1O. The minimum Gasteiger partial charge on any atom is -0.507 e. The van der Waals surface area contributed by atoms with Crippen LogP contribution in [0.15, 0.2) is 18.2 Å². The maximum atomic E-state index is 11.9. The van der Waals surface area contributed by atoms with Crippen molar-refractivity contribution < 1.29 is 29.7 Å². The zero-order valence-electron chi connectivity index (χ0n) is 9.54. The molecule has 0 fully saturated rings. The summed E-state index contributed by atoms with van der Waals surface area (Å²) in [5.41, 5.74) is -0.216. The summed E-state index contributed by atoms with van der Waals surface area (Å²) in [7, 11) is 0. The summed E-state index contributed by atoms with van der Waals surface area (Å²) in [4.78, 5) is 33.7. The summed E-state index contributed by atoms with van der Waals surface area (Å²) < 4.78 is 0. The molecular formula is C11H10ClNO6. The lowest BCUT2D eigenvalue weighted by Crippen LogP contribution is -2.39. The second-order valence-electron chi connectivity index (χ2n) is 3.61. The standard InChI is InChI=1S/C11H10ClNO6/c12-6-1-2-7(8(14)3-6)11(19)13(4-9(15)16)5-10(17)18/h1-3,14H,4-5H2,(H,15,16)(H,17,18). The number of rotatable bonds is 5. The summed E-state index contributed by atoms with van der Waals surface area (Å²) in [6.07, 6.45) is 0. The molecular weight excluding hydrogens is 278 g/mol. The fourth-order valence-corrected chi connectivity index (χ4v) is 1.55. The van der Waals surface area contributed by atoms with Gasteiger partial charge >= 0.3 is 11.9 Å². The van der Waals surface area contributed by atoms with Crippen molar-refractivity contribution in [2.75, 3.05) is 13.1 Å². The van der Waals surface area contributed by atoms with E-state index in [-0.39, 0.29) is 10.6 Å². The molecule has 0 aromatic heterocycles. The van der Waals surface area contributed by atoms with Crippen molar-refractivity contribution in [3.63, 3.8) is 0 Å². The molecule has 0 spiro atoms.